The molecule has 1 aromatic rings. The largest absolute Gasteiger partial charge is 0.294 e. The van der Waals surface area contributed by atoms with Crippen LogP contribution in [0.25, 0.3) is 0 Å². The summed E-state index contributed by atoms with van der Waals surface area (Å²) in [4.78, 5) is 3.84. The highest BCUT2D eigenvalue weighted by molar-refractivity contribution is 7.99. The van der Waals surface area contributed by atoms with Crippen molar-refractivity contribution in [2.45, 2.75) is 9.79 Å². The van der Waals surface area contributed by atoms with E-state index in [-0.39, 0.29) is 4.90 Å². The molecule has 1 heterocycles. The molecule has 0 bridgehead atoms. The van der Waals surface area contributed by atoms with Gasteiger partial charge in [-0.3, -0.25) is 4.55 Å². The molecule has 0 aromatic heterocycles. The van der Waals surface area contributed by atoms with Crippen molar-refractivity contribution in [1.29, 1.82) is 0 Å². The smallest absolute Gasteiger partial charge is 0.282 e. The first-order valence-corrected chi connectivity index (χ1v) is 6.20. The maximum atomic E-state index is 11.2. The Morgan fingerprint density at radius 1 is 1.36 bits per heavy atom. The van der Waals surface area contributed by atoms with Crippen LogP contribution in [0.1, 0.15) is 0 Å². The number of aliphatic imine (C=N–C) groups is 1. The van der Waals surface area contributed by atoms with Crippen molar-refractivity contribution in [1.82, 2.24) is 0 Å². The van der Waals surface area contributed by atoms with Crippen molar-refractivity contribution in [2.24, 2.45) is 4.99 Å². The van der Waals surface area contributed by atoms with Gasteiger partial charge in [-0.05, 0) is 18.2 Å². The Balaban J connectivity index is 2.64. The molecule has 5 nitrogen and oxygen atoms in total. The summed E-state index contributed by atoms with van der Waals surface area (Å²) < 4.78 is 41.5. The molecule has 2 rings (SSSR count). The molecule has 0 saturated carbocycles. The van der Waals surface area contributed by atoms with E-state index in [2.05, 4.69) is 4.99 Å². The maximum absolute atomic E-state index is 11.2. The summed E-state index contributed by atoms with van der Waals surface area (Å²) in [5.74, 6) is 0. The number of benzene rings is 1. The van der Waals surface area contributed by atoms with Crippen molar-refractivity contribution < 1.29 is 17.2 Å². The van der Waals surface area contributed by atoms with Gasteiger partial charge in [-0.15, -0.1) is 0 Å². The van der Waals surface area contributed by atoms with Gasteiger partial charge >= 0.3 is 0 Å². The summed E-state index contributed by atoms with van der Waals surface area (Å²) >= 11 is 0. The average molecular weight is 231 g/mol. The third-order valence-electron chi connectivity index (χ3n) is 1.73. The van der Waals surface area contributed by atoms with E-state index in [1.165, 1.54) is 17.7 Å². The van der Waals surface area contributed by atoms with Gasteiger partial charge in [0.15, 0.2) is 0 Å². The second kappa shape index (κ2) is 2.97. The van der Waals surface area contributed by atoms with Gasteiger partial charge in [0.25, 0.3) is 10.1 Å². The molecule has 1 aromatic carbocycles. The van der Waals surface area contributed by atoms with E-state index in [0.29, 0.717) is 10.6 Å². The molecule has 0 amide bonds. The minimum atomic E-state index is -4.24. The number of nitrogens with zero attached hydrogens (tertiary/aromatic N) is 1. The van der Waals surface area contributed by atoms with E-state index in [9.17, 15) is 12.6 Å². The van der Waals surface area contributed by atoms with E-state index in [4.69, 9.17) is 4.55 Å². The zero-order valence-corrected chi connectivity index (χ0v) is 8.38. The Kier molecular flexibility index (Phi) is 2.02. The number of hydrogen-bond donors (Lipinski definition) is 1. The van der Waals surface area contributed by atoms with E-state index in [1.807, 2.05) is 0 Å². The fourth-order valence-electron chi connectivity index (χ4n) is 1.08. The Morgan fingerprint density at radius 3 is 2.71 bits per heavy atom. The Morgan fingerprint density at radius 2 is 2.07 bits per heavy atom. The van der Waals surface area contributed by atoms with Gasteiger partial charge in [-0.25, -0.2) is 9.20 Å². The topological polar surface area (TPSA) is 83.8 Å². The maximum Gasteiger partial charge on any atom is 0.294 e. The van der Waals surface area contributed by atoms with Gasteiger partial charge in [0.2, 0.25) is 0 Å². The standard InChI is InChI=1S/C7H5NO4S2/c9-13-4-8-6-2-1-5(3-7(6)13)14(10,11)12/h1-4H,(H,10,11,12). The highest BCUT2D eigenvalue weighted by Crippen LogP contribution is 2.29. The van der Waals surface area contributed by atoms with Crippen LogP contribution in [0.2, 0.25) is 0 Å². The van der Waals surface area contributed by atoms with Crippen LogP contribution in [-0.2, 0) is 20.9 Å². The third-order valence-corrected chi connectivity index (χ3v) is 3.64. The summed E-state index contributed by atoms with van der Waals surface area (Å²) in [5, 5.41) is 0. The van der Waals surface area contributed by atoms with Crippen molar-refractivity contribution in [3.63, 3.8) is 0 Å². The lowest BCUT2D eigenvalue weighted by Gasteiger charge is -1.99. The molecule has 74 valence electrons. The van der Waals surface area contributed by atoms with Crippen LogP contribution in [0.4, 0.5) is 5.69 Å². The minimum absolute atomic E-state index is 0.268. The van der Waals surface area contributed by atoms with Gasteiger partial charge in [-0.2, -0.15) is 8.42 Å². The van der Waals surface area contributed by atoms with E-state index >= 15 is 0 Å². The second-order valence-corrected chi connectivity index (χ2v) is 5.30. The molecule has 0 spiro atoms. The quantitative estimate of drug-likeness (QED) is 0.721. The second-order valence-electron chi connectivity index (χ2n) is 2.64. The molecule has 0 aliphatic carbocycles. The lowest BCUT2D eigenvalue weighted by molar-refractivity contribution is 0.483. The normalized spacial score (nSPS) is 19.6. The van der Waals surface area contributed by atoms with Crippen molar-refractivity contribution in [2.75, 3.05) is 0 Å². The fraction of sp³-hybridized carbons (Fsp3) is 0. The summed E-state index contributed by atoms with van der Waals surface area (Å²) in [6.45, 7) is 0. The predicted octanol–water partition coefficient (Wildman–Crippen LogP) is 0.714. The third kappa shape index (κ3) is 1.49. The fourth-order valence-corrected chi connectivity index (χ4v) is 2.56. The monoisotopic (exact) mass is 231 g/mol. The van der Waals surface area contributed by atoms with Crippen LogP contribution in [-0.4, -0.2) is 22.7 Å². The highest BCUT2D eigenvalue weighted by Gasteiger charge is 2.18. The molecule has 0 fully saturated rings. The summed E-state index contributed by atoms with van der Waals surface area (Å²) in [7, 11) is -5.65. The number of rotatable bonds is 1. The molecular weight excluding hydrogens is 226 g/mol. The van der Waals surface area contributed by atoms with E-state index in [1.54, 1.807) is 0 Å². The summed E-state index contributed by atoms with van der Waals surface area (Å²) in [6, 6.07) is 3.78. The van der Waals surface area contributed by atoms with E-state index in [0.717, 1.165) is 6.07 Å². The minimum Gasteiger partial charge on any atom is -0.282 e. The summed E-state index contributed by atoms with van der Waals surface area (Å²) in [5.41, 5.74) is 1.69. The van der Waals surface area contributed by atoms with Crippen molar-refractivity contribution >= 4 is 32.2 Å². The van der Waals surface area contributed by atoms with Crippen molar-refractivity contribution in [3.8, 4) is 0 Å². The Labute approximate surface area is 82.7 Å². The van der Waals surface area contributed by atoms with Crippen LogP contribution in [0, 0.1) is 0 Å². The zero-order valence-electron chi connectivity index (χ0n) is 6.75. The highest BCUT2D eigenvalue weighted by atomic mass is 32.2. The van der Waals surface area contributed by atoms with Crippen LogP contribution in [0.5, 0.6) is 0 Å². The average Bonchev–Trinajstić information content (AvgIpc) is 2.46. The van der Waals surface area contributed by atoms with Crippen LogP contribution >= 0.6 is 0 Å². The van der Waals surface area contributed by atoms with Gasteiger partial charge in [0.1, 0.15) is 0 Å². The number of fused-ring (bicyclic) bond motifs is 1. The lowest BCUT2D eigenvalue weighted by Crippen LogP contribution is -1.98. The SMILES string of the molecule is O=S1C=Nc2ccc(S(=O)(=O)O)cc21. The summed E-state index contributed by atoms with van der Waals surface area (Å²) in [6.07, 6.45) is 0. The van der Waals surface area contributed by atoms with Gasteiger partial charge in [0.05, 0.1) is 31.8 Å². The first-order chi connectivity index (χ1) is 6.48. The van der Waals surface area contributed by atoms with Crippen LogP contribution in [0.3, 0.4) is 0 Å². The Hall–Kier alpha value is -1.05. The molecule has 1 atom stereocenters. The molecule has 1 N–H and O–H groups in total. The molecule has 14 heavy (non-hydrogen) atoms. The van der Waals surface area contributed by atoms with Crippen LogP contribution < -0.4 is 0 Å². The van der Waals surface area contributed by atoms with Crippen LogP contribution in [0.15, 0.2) is 33.0 Å². The molecular formula is C7H5NO4S2. The Bertz CT molecular complexity index is 547. The first-order valence-electron chi connectivity index (χ1n) is 3.55. The van der Waals surface area contributed by atoms with Gasteiger partial charge < -0.3 is 0 Å². The molecule has 1 aliphatic heterocycles. The molecule has 0 radical (unpaired) electrons. The van der Waals surface area contributed by atoms with E-state index < -0.39 is 20.9 Å². The molecule has 0 saturated heterocycles. The lowest BCUT2D eigenvalue weighted by atomic mass is 10.3. The first kappa shape index (κ1) is 9.50. The van der Waals surface area contributed by atoms with Gasteiger partial charge in [0, 0.05) is 0 Å². The molecule has 1 unspecified atom stereocenters. The predicted molar refractivity (Wildman–Crippen MR) is 50.8 cm³/mol. The zero-order chi connectivity index (χ0) is 10.3. The molecule has 7 heteroatoms. The molecule has 1 aliphatic rings. The van der Waals surface area contributed by atoms with Crippen molar-refractivity contribution in [3.05, 3.63) is 18.2 Å². The number of hydrogen-bond acceptors (Lipinski definition) is 4. The van der Waals surface area contributed by atoms with Gasteiger partial charge in [-0.1, -0.05) is 0 Å².